The maximum Gasteiger partial charge on any atom is 0.208 e. The number of nitrogens with zero attached hydrogens (tertiary/aromatic N) is 3. The first-order valence-corrected chi connectivity index (χ1v) is 7.45. The smallest absolute Gasteiger partial charge is 0.208 e. The van der Waals surface area contributed by atoms with Gasteiger partial charge in [-0.15, -0.1) is 5.10 Å². The minimum absolute atomic E-state index is 0.134. The average molecular weight is 303 g/mol. The number of hydrogen-bond acceptors (Lipinski definition) is 3. The summed E-state index contributed by atoms with van der Waals surface area (Å²) in [4.78, 5) is 12.3. The largest absolute Gasteiger partial charge is 0.287 e. The highest BCUT2D eigenvalue weighted by Gasteiger charge is 2.14. The SMILES string of the molecule is Cc1c(C(=O)/C=C/c2ccccc2)nnn1Cc1ccccc1. The van der Waals surface area contributed by atoms with Crippen molar-refractivity contribution in [1.29, 1.82) is 0 Å². The van der Waals surface area contributed by atoms with E-state index < -0.39 is 0 Å². The second kappa shape index (κ2) is 6.83. The van der Waals surface area contributed by atoms with E-state index in [9.17, 15) is 4.79 Å². The molecule has 0 bridgehead atoms. The fourth-order valence-corrected chi connectivity index (χ4v) is 2.31. The Balaban J connectivity index is 1.76. The molecule has 0 aliphatic heterocycles. The van der Waals surface area contributed by atoms with E-state index in [-0.39, 0.29) is 5.78 Å². The molecular formula is C19H17N3O. The molecule has 0 spiro atoms. The zero-order chi connectivity index (χ0) is 16.1. The maximum atomic E-state index is 12.3. The third kappa shape index (κ3) is 3.61. The van der Waals surface area contributed by atoms with Gasteiger partial charge in [0, 0.05) is 0 Å². The van der Waals surface area contributed by atoms with Crippen LogP contribution in [0.2, 0.25) is 0 Å². The van der Waals surface area contributed by atoms with Crippen molar-refractivity contribution < 1.29 is 4.79 Å². The normalized spacial score (nSPS) is 11.0. The van der Waals surface area contributed by atoms with Crippen LogP contribution < -0.4 is 0 Å². The van der Waals surface area contributed by atoms with Gasteiger partial charge in [0.05, 0.1) is 12.2 Å². The van der Waals surface area contributed by atoms with Gasteiger partial charge in [0.1, 0.15) is 0 Å². The molecule has 0 atom stereocenters. The summed E-state index contributed by atoms with van der Waals surface area (Å²) in [6.07, 6.45) is 3.33. The molecule has 0 unspecified atom stereocenters. The van der Waals surface area contributed by atoms with Gasteiger partial charge in [0.15, 0.2) is 5.69 Å². The average Bonchev–Trinajstić information content (AvgIpc) is 2.95. The maximum absolute atomic E-state index is 12.3. The summed E-state index contributed by atoms with van der Waals surface area (Å²) in [5, 5.41) is 8.14. The number of carbonyl (C=O) groups is 1. The van der Waals surface area contributed by atoms with Crippen LogP contribution in [0.25, 0.3) is 6.08 Å². The van der Waals surface area contributed by atoms with E-state index in [4.69, 9.17) is 0 Å². The Morgan fingerprint density at radius 3 is 2.39 bits per heavy atom. The molecule has 0 aliphatic rings. The van der Waals surface area contributed by atoms with Gasteiger partial charge >= 0.3 is 0 Å². The summed E-state index contributed by atoms with van der Waals surface area (Å²) < 4.78 is 1.75. The van der Waals surface area contributed by atoms with Crippen LogP contribution in [0.5, 0.6) is 0 Å². The summed E-state index contributed by atoms with van der Waals surface area (Å²) in [5.74, 6) is -0.134. The summed E-state index contributed by atoms with van der Waals surface area (Å²) in [5.41, 5.74) is 3.28. The molecule has 1 heterocycles. The van der Waals surface area contributed by atoms with Crippen molar-refractivity contribution in [2.45, 2.75) is 13.5 Å². The van der Waals surface area contributed by atoms with Crippen molar-refractivity contribution >= 4 is 11.9 Å². The van der Waals surface area contributed by atoms with E-state index in [1.54, 1.807) is 16.8 Å². The lowest BCUT2D eigenvalue weighted by Gasteiger charge is -2.03. The first kappa shape index (κ1) is 14.9. The van der Waals surface area contributed by atoms with Crippen LogP contribution in [0, 0.1) is 6.92 Å². The van der Waals surface area contributed by atoms with E-state index in [0.29, 0.717) is 12.2 Å². The second-order valence-electron chi connectivity index (χ2n) is 5.27. The molecule has 2 aromatic carbocycles. The molecule has 23 heavy (non-hydrogen) atoms. The van der Waals surface area contributed by atoms with Crippen molar-refractivity contribution in [3.05, 3.63) is 89.3 Å². The van der Waals surface area contributed by atoms with Gasteiger partial charge in [-0.2, -0.15) is 0 Å². The number of carbonyl (C=O) groups excluding carboxylic acids is 1. The molecule has 0 saturated carbocycles. The van der Waals surface area contributed by atoms with Gasteiger partial charge in [-0.3, -0.25) is 4.79 Å². The Bertz CT molecular complexity index is 820. The summed E-state index contributed by atoms with van der Waals surface area (Å²) in [7, 11) is 0. The van der Waals surface area contributed by atoms with Gasteiger partial charge in [0.25, 0.3) is 0 Å². The topological polar surface area (TPSA) is 47.8 Å². The number of hydrogen-bond donors (Lipinski definition) is 0. The summed E-state index contributed by atoms with van der Waals surface area (Å²) >= 11 is 0. The van der Waals surface area contributed by atoms with Gasteiger partial charge in [0.2, 0.25) is 5.78 Å². The lowest BCUT2D eigenvalue weighted by Crippen LogP contribution is -2.05. The number of ketones is 1. The minimum Gasteiger partial charge on any atom is -0.287 e. The van der Waals surface area contributed by atoms with Crippen LogP contribution in [0.4, 0.5) is 0 Å². The lowest BCUT2D eigenvalue weighted by molar-refractivity contribution is 0.104. The van der Waals surface area contributed by atoms with Crippen LogP contribution in [0.15, 0.2) is 66.7 Å². The Morgan fingerprint density at radius 1 is 1.04 bits per heavy atom. The number of allylic oxidation sites excluding steroid dienone is 1. The molecule has 3 rings (SSSR count). The molecular weight excluding hydrogens is 286 g/mol. The third-order valence-corrected chi connectivity index (χ3v) is 3.62. The van der Waals surface area contributed by atoms with Gasteiger partial charge in [-0.05, 0) is 24.1 Å². The monoisotopic (exact) mass is 303 g/mol. The van der Waals surface area contributed by atoms with Crippen molar-refractivity contribution in [1.82, 2.24) is 15.0 Å². The fourth-order valence-electron chi connectivity index (χ4n) is 2.31. The molecule has 1 aromatic heterocycles. The molecule has 114 valence electrons. The molecule has 4 heteroatoms. The number of aromatic nitrogens is 3. The zero-order valence-electron chi connectivity index (χ0n) is 12.9. The van der Waals surface area contributed by atoms with Crippen molar-refractivity contribution in [3.8, 4) is 0 Å². The predicted molar refractivity (Wildman–Crippen MR) is 90.1 cm³/mol. The number of rotatable bonds is 5. The Labute approximate surface area is 135 Å². The van der Waals surface area contributed by atoms with Gasteiger partial charge in [-0.25, -0.2) is 4.68 Å². The van der Waals surface area contributed by atoms with E-state index in [1.165, 1.54) is 0 Å². The highest BCUT2D eigenvalue weighted by molar-refractivity contribution is 6.06. The molecule has 0 amide bonds. The van der Waals surface area contributed by atoms with Crippen LogP contribution >= 0.6 is 0 Å². The highest BCUT2D eigenvalue weighted by atomic mass is 16.1. The van der Waals surface area contributed by atoms with Crippen LogP contribution in [-0.2, 0) is 6.54 Å². The van der Waals surface area contributed by atoms with E-state index in [2.05, 4.69) is 10.3 Å². The Kier molecular flexibility index (Phi) is 4.43. The van der Waals surface area contributed by atoms with Crippen LogP contribution in [0.1, 0.15) is 27.3 Å². The van der Waals surface area contributed by atoms with Crippen LogP contribution in [-0.4, -0.2) is 20.8 Å². The molecule has 0 radical (unpaired) electrons. The van der Waals surface area contributed by atoms with Crippen molar-refractivity contribution in [2.24, 2.45) is 0 Å². The molecule has 0 saturated heterocycles. The Morgan fingerprint density at radius 2 is 1.70 bits per heavy atom. The fraction of sp³-hybridized carbons (Fsp3) is 0.105. The third-order valence-electron chi connectivity index (χ3n) is 3.62. The summed E-state index contributed by atoms with van der Waals surface area (Å²) in [6.45, 7) is 2.47. The standard InChI is InChI=1S/C19H17N3O/c1-15-19(18(23)13-12-16-8-4-2-5-9-16)20-21-22(15)14-17-10-6-3-7-11-17/h2-13H,14H2,1H3/b13-12+. The minimum atomic E-state index is -0.134. The van der Waals surface area contributed by atoms with Crippen molar-refractivity contribution in [2.75, 3.05) is 0 Å². The van der Waals surface area contributed by atoms with E-state index >= 15 is 0 Å². The molecule has 0 aliphatic carbocycles. The van der Waals surface area contributed by atoms with E-state index in [0.717, 1.165) is 16.8 Å². The first-order valence-electron chi connectivity index (χ1n) is 7.45. The van der Waals surface area contributed by atoms with Crippen molar-refractivity contribution in [3.63, 3.8) is 0 Å². The molecule has 3 aromatic rings. The molecule has 0 fully saturated rings. The molecule has 4 nitrogen and oxygen atoms in total. The predicted octanol–water partition coefficient (Wildman–Crippen LogP) is 3.53. The first-order chi connectivity index (χ1) is 11.2. The Hall–Kier alpha value is -3.01. The van der Waals surface area contributed by atoms with Gasteiger partial charge in [-0.1, -0.05) is 72.0 Å². The highest BCUT2D eigenvalue weighted by Crippen LogP contribution is 2.10. The number of benzene rings is 2. The second-order valence-corrected chi connectivity index (χ2v) is 5.27. The quantitative estimate of drug-likeness (QED) is 0.535. The van der Waals surface area contributed by atoms with Gasteiger partial charge < -0.3 is 0 Å². The van der Waals surface area contributed by atoms with Crippen LogP contribution in [0.3, 0.4) is 0 Å². The van der Waals surface area contributed by atoms with E-state index in [1.807, 2.05) is 67.6 Å². The lowest BCUT2D eigenvalue weighted by atomic mass is 10.1. The molecule has 0 N–H and O–H groups in total. The summed E-state index contributed by atoms with van der Waals surface area (Å²) in [6, 6.07) is 19.7. The zero-order valence-corrected chi connectivity index (χ0v) is 12.9.